The number of aromatic carboxylic acids is 1. The molecule has 4 nitrogen and oxygen atoms in total. The molecule has 0 amide bonds. The zero-order chi connectivity index (χ0) is 12.6. The Morgan fingerprint density at radius 2 is 1.88 bits per heavy atom. The first kappa shape index (κ1) is 11.4. The molecule has 1 aromatic rings. The van der Waals surface area contributed by atoms with Crippen LogP contribution >= 0.6 is 0 Å². The lowest BCUT2D eigenvalue weighted by molar-refractivity contribution is 0.0686. The number of nitrogens with zero attached hydrogens (tertiary/aromatic N) is 1. The molecule has 0 atom stereocenters. The topological polar surface area (TPSA) is 66.7 Å². The summed E-state index contributed by atoms with van der Waals surface area (Å²) in [6, 6.07) is 1.81. The Labute approximate surface area is 94.6 Å². The predicted molar refractivity (Wildman–Crippen MR) is 52.4 cm³/mol. The Kier molecular flexibility index (Phi) is 2.52. The molecule has 6 heteroatoms. The van der Waals surface area contributed by atoms with Crippen LogP contribution in [0.25, 0.3) is 0 Å². The van der Waals surface area contributed by atoms with Crippen molar-refractivity contribution in [1.29, 1.82) is 0 Å². The monoisotopic (exact) mass is 239 g/mol. The van der Waals surface area contributed by atoms with Gasteiger partial charge in [-0.1, -0.05) is 0 Å². The summed E-state index contributed by atoms with van der Waals surface area (Å²) in [5.74, 6) is -4.00. The van der Waals surface area contributed by atoms with Gasteiger partial charge < -0.3 is 5.11 Å². The van der Waals surface area contributed by atoms with Crippen molar-refractivity contribution in [2.24, 2.45) is 4.99 Å². The number of carbonyl (C=O) groups excluding carboxylic acids is 1. The molecule has 2 rings (SSSR count). The van der Waals surface area contributed by atoms with Crippen LogP contribution in [0.4, 0.5) is 8.78 Å². The normalized spacial score (nSPS) is 16.1. The minimum absolute atomic E-state index is 0.167. The number of carboxylic acids is 1. The van der Waals surface area contributed by atoms with Crippen molar-refractivity contribution in [3.63, 3.8) is 0 Å². The first-order valence-corrected chi connectivity index (χ1v) is 4.82. The summed E-state index contributed by atoms with van der Waals surface area (Å²) >= 11 is 0. The summed E-state index contributed by atoms with van der Waals surface area (Å²) in [4.78, 5) is 24.3. The Morgan fingerprint density at radius 3 is 2.24 bits per heavy atom. The van der Waals surface area contributed by atoms with Crippen molar-refractivity contribution in [3.8, 4) is 0 Å². The lowest BCUT2D eigenvalue weighted by Gasteiger charge is -2.09. The van der Waals surface area contributed by atoms with E-state index >= 15 is 0 Å². The third-order valence-electron chi connectivity index (χ3n) is 2.78. The van der Waals surface area contributed by atoms with Crippen molar-refractivity contribution >= 4 is 12.0 Å². The SMILES string of the molecule is O=C=NC1(c2cc(F)c(C(=O)O)c(F)c2)CC1. The quantitative estimate of drug-likeness (QED) is 0.647. The smallest absolute Gasteiger partial charge is 0.341 e. The molecule has 0 unspecified atom stereocenters. The molecule has 0 aromatic heterocycles. The molecule has 88 valence electrons. The van der Waals surface area contributed by atoms with Crippen LogP contribution in [-0.2, 0) is 10.3 Å². The fourth-order valence-electron chi connectivity index (χ4n) is 1.72. The molecule has 0 spiro atoms. The minimum atomic E-state index is -1.67. The van der Waals surface area contributed by atoms with E-state index in [1.54, 1.807) is 0 Å². The molecule has 0 aliphatic heterocycles. The highest BCUT2D eigenvalue weighted by Gasteiger charge is 2.45. The third-order valence-corrected chi connectivity index (χ3v) is 2.78. The molecular weight excluding hydrogens is 232 g/mol. The predicted octanol–water partition coefficient (Wildman–Crippen LogP) is 1.99. The lowest BCUT2D eigenvalue weighted by atomic mass is 10.0. The summed E-state index contributed by atoms with van der Waals surface area (Å²) in [5, 5.41) is 8.59. The number of hydrogen-bond acceptors (Lipinski definition) is 3. The van der Waals surface area contributed by atoms with Gasteiger partial charge in [-0.25, -0.2) is 18.4 Å². The van der Waals surface area contributed by atoms with Crippen molar-refractivity contribution in [3.05, 3.63) is 34.9 Å². The second-order valence-electron chi connectivity index (χ2n) is 3.85. The molecule has 0 bridgehead atoms. The van der Waals surface area contributed by atoms with E-state index in [0.717, 1.165) is 12.1 Å². The van der Waals surface area contributed by atoms with E-state index in [0.29, 0.717) is 12.8 Å². The first-order valence-electron chi connectivity index (χ1n) is 4.82. The molecular formula is C11H7F2NO3. The standard InChI is InChI=1S/C11H7F2NO3/c12-7-3-6(11(1-2-11)14-5-15)4-8(13)9(7)10(16)17/h3-4H,1-2H2,(H,16,17). The molecule has 1 aromatic carbocycles. The molecule has 0 radical (unpaired) electrons. The van der Waals surface area contributed by atoms with Crippen LogP contribution in [0.3, 0.4) is 0 Å². The number of isocyanates is 1. The largest absolute Gasteiger partial charge is 0.477 e. The Bertz CT molecular complexity index is 523. The second-order valence-corrected chi connectivity index (χ2v) is 3.85. The zero-order valence-corrected chi connectivity index (χ0v) is 8.54. The van der Waals surface area contributed by atoms with E-state index in [4.69, 9.17) is 5.11 Å². The second kappa shape index (κ2) is 3.75. The molecule has 0 heterocycles. The number of carbonyl (C=O) groups is 1. The highest BCUT2D eigenvalue weighted by molar-refractivity contribution is 5.88. The van der Waals surface area contributed by atoms with Gasteiger partial charge in [0.15, 0.2) is 0 Å². The lowest BCUT2D eigenvalue weighted by Crippen LogP contribution is -2.10. The maximum Gasteiger partial charge on any atom is 0.341 e. The van der Waals surface area contributed by atoms with Crippen LogP contribution in [0.1, 0.15) is 28.8 Å². The van der Waals surface area contributed by atoms with Crippen molar-refractivity contribution < 1.29 is 23.5 Å². The average Bonchev–Trinajstić information content (AvgIpc) is 2.97. The maximum atomic E-state index is 13.4. The van der Waals surface area contributed by atoms with Crippen molar-refractivity contribution in [1.82, 2.24) is 0 Å². The minimum Gasteiger partial charge on any atom is -0.477 e. The molecule has 1 aliphatic carbocycles. The van der Waals surface area contributed by atoms with Gasteiger partial charge in [0.25, 0.3) is 0 Å². The molecule has 1 fully saturated rings. The summed E-state index contributed by atoms with van der Waals surface area (Å²) in [7, 11) is 0. The summed E-state index contributed by atoms with van der Waals surface area (Å²) < 4.78 is 26.8. The van der Waals surface area contributed by atoms with E-state index in [1.807, 2.05) is 0 Å². The number of rotatable bonds is 3. The summed E-state index contributed by atoms with van der Waals surface area (Å²) in [6.07, 6.45) is 2.35. The molecule has 1 aliphatic rings. The van der Waals surface area contributed by atoms with Gasteiger partial charge in [-0.15, -0.1) is 0 Å². The maximum absolute atomic E-state index is 13.4. The van der Waals surface area contributed by atoms with Crippen LogP contribution in [-0.4, -0.2) is 17.2 Å². The van der Waals surface area contributed by atoms with Crippen LogP contribution in [0.2, 0.25) is 0 Å². The number of benzene rings is 1. The van der Waals surface area contributed by atoms with Crippen molar-refractivity contribution in [2.75, 3.05) is 0 Å². The zero-order valence-electron chi connectivity index (χ0n) is 8.54. The van der Waals surface area contributed by atoms with E-state index in [1.165, 1.54) is 6.08 Å². The highest BCUT2D eigenvalue weighted by Crippen LogP contribution is 2.49. The average molecular weight is 239 g/mol. The van der Waals surface area contributed by atoms with Crippen LogP contribution in [0, 0.1) is 11.6 Å². The van der Waals surface area contributed by atoms with Gasteiger partial charge in [-0.2, -0.15) is 4.99 Å². The van der Waals surface area contributed by atoms with Crippen molar-refractivity contribution in [2.45, 2.75) is 18.4 Å². The van der Waals surface area contributed by atoms with Crippen LogP contribution < -0.4 is 0 Å². The van der Waals surface area contributed by atoms with Gasteiger partial charge in [0.2, 0.25) is 6.08 Å². The van der Waals surface area contributed by atoms with Gasteiger partial charge in [-0.3, -0.25) is 0 Å². The van der Waals surface area contributed by atoms with Crippen LogP contribution in [0.15, 0.2) is 17.1 Å². The first-order chi connectivity index (χ1) is 8.00. The molecule has 0 saturated heterocycles. The number of halogens is 2. The van der Waals surface area contributed by atoms with Gasteiger partial charge in [0.05, 0.1) is 5.54 Å². The van der Waals surface area contributed by atoms with Gasteiger partial charge in [-0.05, 0) is 30.5 Å². The Hall–Kier alpha value is -2.07. The van der Waals surface area contributed by atoms with Gasteiger partial charge >= 0.3 is 5.97 Å². The Morgan fingerprint density at radius 1 is 1.35 bits per heavy atom. The Balaban J connectivity index is 2.53. The van der Waals surface area contributed by atoms with Crippen LogP contribution in [0.5, 0.6) is 0 Å². The third kappa shape index (κ3) is 1.83. The van der Waals surface area contributed by atoms with E-state index in [2.05, 4.69) is 4.99 Å². The summed E-state index contributed by atoms with van der Waals surface area (Å²) in [5.41, 5.74) is -1.75. The molecule has 1 N–H and O–H groups in total. The highest BCUT2D eigenvalue weighted by atomic mass is 19.1. The fourth-order valence-corrected chi connectivity index (χ4v) is 1.72. The summed E-state index contributed by atoms with van der Waals surface area (Å²) in [6.45, 7) is 0. The van der Waals surface area contributed by atoms with E-state index in [-0.39, 0.29) is 5.56 Å². The molecule has 17 heavy (non-hydrogen) atoms. The van der Waals surface area contributed by atoms with Gasteiger partial charge in [0, 0.05) is 0 Å². The van der Waals surface area contributed by atoms with Gasteiger partial charge in [0.1, 0.15) is 17.2 Å². The van der Waals surface area contributed by atoms with E-state index in [9.17, 15) is 18.4 Å². The van der Waals surface area contributed by atoms with E-state index < -0.39 is 28.7 Å². The molecule has 1 saturated carbocycles. The number of hydrogen-bond donors (Lipinski definition) is 1. The number of carboxylic acid groups (broad SMARTS) is 1. The number of aliphatic imine (C=N–C) groups is 1. The fraction of sp³-hybridized carbons (Fsp3) is 0.273.